The van der Waals surface area contributed by atoms with E-state index in [0.29, 0.717) is 0 Å². The van der Waals surface area contributed by atoms with E-state index in [2.05, 4.69) is 4.74 Å². The molecule has 0 amide bonds. The monoisotopic (exact) mass is 236 g/mol. The Bertz CT molecular complexity index is 142. The Kier molecular flexibility index (Phi) is 11.4. The lowest BCUT2D eigenvalue weighted by molar-refractivity contribution is -0.155. The predicted octanol–water partition coefficient (Wildman–Crippen LogP) is 1.93. The molecular weight excluding hydrogens is 208 g/mol. The van der Waals surface area contributed by atoms with Crippen LogP contribution >= 0.6 is 0 Å². The van der Waals surface area contributed by atoms with Gasteiger partial charge in [-0.25, -0.2) is 0 Å². The van der Waals surface area contributed by atoms with Crippen LogP contribution in [-0.4, -0.2) is 41.9 Å². The quantitative estimate of drug-likeness (QED) is 0.719. The second kappa shape index (κ2) is 10.0. The molecule has 100 valence electrons. The molecule has 1 rings (SSSR count). The summed E-state index contributed by atoms with van der Waals surface area (Å²) in [4.78, 5) is 0. The summed E-state index contributed by atoms with van der Waals surface area (Å²) in [6, 6.07) is 0. The van der Waals surface area contributed by atoms with Gasteiger partial charge in [-0.3, -0.25) is 0 Å². The summed E-state index contributed by atoms with van der Waals surface area (Å²) in [6.07, 6.45) is 1.68. The van der Waals surface area contributed by atoms with Crippen molar-refractivity contribution in [2.75, 3.05) is 13.7 Å². The van der Waals surface area contributed by atoms with Gasteiger partial charge < -0.3 is 19.7 Å². The fraction of sp³-hybridized carbons (Fsp3) is 1.00. The molecular formula is C12H28O4. The van der Waals surface area contributed by atoms with E-state index in [-0.39, 0.29) is 12.2 Å². The lowest BCUT2D eigenvalue weighted by Gasteiger charge is -2.12. The SMILES string of the molecule is CC.CC[C@H]1OCCC1O.COC(C)(C)O. The van der Waals surface area contributed by atoms with Gasteiger partial charge in [-0.05, 0) is 26.7 Å². The van der Waals surface area contributed by atoms with Gasteiger partial charge in [0, 0.05) is 13.7 Å². The molecule has 0 saturated carbocycles. The first-order valence-electron chi connectivity index (χ1n) is 5.98. The van der Waals surface area contributed by atoms with Crippen molar-refractivity contribution in [3.05, 3.63) is 0 Å². The van der Waals surface area contributed by atoms with Crippen molar-refractivity contribution in [3.63, 3.8) is 0 Å². The Morgan fingerprint density at radius 3 is 1.94 bits per heavy atom. The molecule has 1 aliphatic heterocycles. The summed E-state index contributed by atoms with van der Waals surface area (Å²) in [5.74, 6) is -0.958. The fourth-order valence-corrected chi connectivity index (χ4v) is 1.03. The number of hydrogen-bond acceptors (Lipinski definition) is 4. The summed E-state index contributed by atoms with van der Waals surface area (Å²) in [7, 11) is 1.46. The van der Waals surface area contributed by atoms with Crippen molar-refractivity contribution in [1.29, 1.82) is 0 Å². The van der Waals surface area contributed by atoms with Crippen LogP contribution in [0.3, 0.4) is 0 Å². The average molecular weight is 236 g/mol. The van der Waals surface area contributed by atoms with Gasteiger partial charge in [-0.2, -0.15) is 0 Å². The standard InChI is InChI=1S/C6H12O2.C4H10O2.C2H6/c1-2-6-5(7)3-4-8-6;1-4(2,5)6-3;1-2/h5-7H,2-4H2,1H3;5H,1-3H3;1-2H3/t5?,6-;;/m1../s1. The van der Waals surface area contributed by atoms with Crippen LogP contribution in [0, 0.1) is 0 Å². The molecule has 1 heterocycles. The molecule has 1 unspecified atom stereocenters. The van der Waals surface area contributed by atoms with Gasteiger partial charge in [0.15, 0.2) is 5.79 Å². The summed E-state index contributed by atoms with van der Waals surface area (Å²) < 4.78 is 9.66. The van der Waals surface area contributed by atoms with Gasteiger partial charge in [0.25, 0.3) is 0 Å². The maximum Gasteiger partial charge on any atom is 0.159 e. The minimum absolute atomic E-state index is 0.120. The third kappa shape index (κ3) is 10.4. The lowest BCUT2D eigenvalue weighted by atomic mass is 10.1. The summed E-state index contributed by atoms with van der Waals surface area (Å²) in [6.45, 7) is 9.92. The highest BCUT2D eigenvalue weighted by Gasteiger charge is 2.23. The highest BCUT2D eigenvalue weighted by Crippen LogP contribution is 2.15. The molecule has 1 aliphatic rings. The van der Waals surface area contributed by atoms with Gasteiger partial charge >= 0.3 is 0 Å². The predicted molar refractivity (Wildman–Crippen MR) is 65.3 cm³/mol. The molecule has 16 heavy (non-hydrogen) atoms. The number of rotatable bonds is 2. The van der Waals surface area contributed by atoms with Crippen molar-refractivity contribution in [2.45, 2.75) is 65.5 Å². The van der Waals surface area contributed by atoms with Crippen LogP contribution in [0.15, 0.2) is 0 Å². The van der Waals surface area contributed by atoms with Crippen molar-refractivity contribution < 1.29 is 19.7 Å². The molecule has 0 aromatic heterocycles. The third-order valence-corrected chi connectivity index (χ3v) is 2.08. The van der Waals surface area contributed by atoms with Crippen LogP contribution in [0.4, 0.5) is 0 Å². The van der Waals surface area contributed by atoms with Gasteiger partial charge in [0.1, 0.15) is 0 Å². The number of ether oxygens (including phenoxy) is 2. The van der Waals surface area contributed by atoms with Gasteiger partial charge in [0.2, 0.25) is 0 Å². The molecule has 1 fully saturated rings. The van der Waals surface area contributed by atoms with Gasteiger partial charge in [-0.1, -0.05) is 20.8 Å². The molecule has 4 nitrogen and oxygen atoms in total. The Hall–Kier alpha value is -0.160. The largest absolute Gasteiger partial charge is 0.390 e. The van der Waals surface area contributed by atoms with E-state index in [0.717, 1.165) is 19.4 Å². The second-order valence-corrected chi connectivity index (χ2v) is 3.82. The Morgan fingerprint density at radius 2 is 1.81 bits per heavy atom. The van der Waals surface area contributed by atoms with Crippen LogP contribution in [0.25, 0.3) is 0 Å². The van der Waals surface area contributed by atoms with Crippen LogP contribution in [0.2, 0.25) is 0 Å². The van der Waals surface area contributed by atoms with Gasteiger partial charge in [0.05, 0.1) is 12.2 Å². The second-order valence-electron chi connectivity index (χ2n) is 3.82. The van der Waals surface area contributed by atoms with Crippen molar-refractivity contribution >= 4 is 0 Å². The number of aliphatic hydroxyl groups is 2. The van der Waals surface area contributed by atoms with E-state index in [9.17, 15) is 0 Å². The van der Waals surface area contributed by atoms with E-state index in [1.54, 1.807) is 13.8 Å². The maximum absolute atomic E-state index is 9.06. The smallest absolute Gasteiger partial charge is 0.159 e. The Morgan fingerprint density at radius 1 is 1.38 bits per heavy atom. The third-order valence-electron chi connectivity index (χ3n) is 2.08. The minimum Gasteiger partial charge on any atom is -0.390 e. The molecule has 2 atom stereocenters. The summed E-state index contributed by atoms with van der Waals surface area (Å²) in [5.41, 5.74) is 0. The summed E-state index contributed by atoms with van der Waals surface area (Å²) in [5, 5.41) is 17.7. The zero-order valence-corrected chi connectivity index (χ0v) is 11.5. The molecule has 0 aromatic rings. The van der Waals surface area contributed by atoms with Crippen LogP contribution < -0.4 is 0 Å². The molecule has 0 spiro atoms. The van der Waals surface area contributed by atoms with Crippen molar-refractivity contribution in [2.24, 2.45) is 0 Å². The number of aliphatic hydroxyl groups excluding tert-OH is 1. The molecule has 4 heteroatoms. The molecule has 1 saturated heterocycles. The summed E-state index contributed by atoms with van der Waals surface area (Å²) >= 11 is 0. The molecule has 0 aromatic carbocycles. The van der Waals surface area contributed by atoms with Crippen molar-refractivity contribution in [3.8, 4) is 0 Å². The minimum atomic E-state index is -0.958. The van der Waals surface area contributed by atoms with E-state index in [1.807, 2.05) is 20.8 Å². The van der Waals surface area contributed by atoms with E-state index in [1.165, 1.54) is 7.11 Å². The first-order valence-corrected chi connectivity index (χ1v) is 5.98. The van der Waals surface area contributed by atoms with Crippen LogP contribution in [-0.2, 0) is 9.47 Å². The van der Waals surface area contributed by atoms with Crippen LogP contribution in [0.1, 0.15) is 47.5 Å². The van der Waals surface area contributed by atoms with E-state index < -0.39 is 5.79 Å². The highest BCUT2D eigenvalue weighted by molar-refractivity contribution is 4.72. The number of methoxy groups -OCH3 is 1. The molecule has 2 N–H and O–H groups in total. The maximum atomic E-state index is 9.06. The normalized spacial score (nSPS) is 24.0. The Labute approximate surface area is 99.6 Å². The average Bonchev–Trinajstić information content (AvgIpc) is 2.66. The highest BCUT2D eigenvalue weighted by atomic mass is 16.6. The zero-order valence-electron chi connectivity index (χ0n) is 11.5. The lowest BCUT2D eigenvalue weighted by Crippen LogP contribution is -2.20. The molecule has 0 bridgehead atoms. The topological polar surface area (TPSA) is 58.9 Å². The fourth-order valence-electron chi connectivity index (χ4n) is 1.03. The molecule has 0 radical (unpaired) electrons. The molecule has 0 aliphatic carbocycles. The van der Waals surface area contributed by atoms with Crippen LogP contribution in [0.5, 0.6) is 0 Å². The zero-order chi connectivity index (χ0) is 13.2. The first-order chi connectivity index (χ1) is 7.40. The van der Waals surface area contributed by atoms with Gasteiger partial charge in [-0.15, -0.1) is 0 Å². The Balaban J connectivity index is 0. The number of hydrogen-bond donors (Lipinski definition) is 2. The van der Waals surface area contributed by atoms with Crippen molar-refractivity contribution in [1.82, 2.24) is 0 Å². The first kappa shape index (κ1) is 18.2. The van der Waals surface area contributed by atoms with E-state index >= 15 is 0 Å². The van der Waals surface area contributed by atoms with E-state index in [4.69, 9.17) is 14.9 Å².